The first-order valence-corrected chi connectivity index (χ1v) is 6.31. The minimum atomic E-state index is 0.579. The van der Waals surface area contributed by atoms with Crippen LogP contribution < -0.4 is 5.73 Å². The van der Waals surface area contributed by atoms with Crippen molar-refractivity contribution in [3.05, 3.63) is 11.6 Å². The first-order valence-electron chi connectivity index (χ1n) is 6.31. The Morgan fingerprint density at radius 2 is 2.31 bits per heavy atom. The van der Waals surface area contributed by atoms with E-state index in [0.29, 0.717) is 5.92 Å². The van der Waals surface area contributed by atoms with Crippen molar-refractivity contribution in [2.45, 2.75) is 46.1 Å². The van der Waals surface area contributed by atoms with Crippen LogP contribution in [0.15, 0.2) is 0 Å². The zero-order valence-electron chi connectivity index (χ0n) is 10.3. The van der Waals surface area contributed by atoms with E-state index in [1.54, 1.807) is 0 Å². The summed E-state index contributed by atoms with van der Waals surface area (Å²) in [6.07, 6.45) is 4.47. The van der Waals surface area contributed by atoms with Gasteiger partial charge in [-0.1, -0.05) is 13.8 Å². The lowest BCUT2D eigenvalue weighted by molar-refractivity contribution is 0.399. The summed E-state index contributed by atoms with van der Waals surface area (Å²) in [4.78, 5) is 0. The average Bonchev–Trinajstić information content (AvgIpc) is 2.68. The zero-order valence-corrected chi connectivity index (χ0v) is 10.3. The summed E-state index contributed by atoms with van der Waals surface area (Å²) in [6, 6.07) is 0. The molecular formula is C12H22N4. The van der Waals surface area contributed by atoms with Crippen LogP contribution in [-0.2, 0) is 19.4 Å². The molecule has 4 heteroatoms. The van der Waals surface area contributed by atoms with Crippen molar-refractivity contribution in [2.75, 3.05) is 6.54 Å². The number of hydrogen-bond donors (Lipinski definition) is 1. The maximum atomic E-state index is 5.62. The van der Waals surface area contributed by atoms with Crippen molar-refractivity contribution in [2.24, 2.45) is 17.6 Å². The monoisotopic (exact) mass is 222 g/mol. The maximum Gasteiger partial charge on any atom is 0.133 e. The van der Waals surface area contributed by atoms with Gasteiger partial charge in [-0.15, -0.1) is 10.2 Å². The van der Waals surface area contributed by atoms with Crippen LogP contribution in [0.4, 0.5) is 0 Å². The number of rotatable bonds is 4. The highest BCUT2D eigenvalue weighted by Crippen LogP contribution is 2.20. The summed E-state index contributed by atoms with van der Waals surface area (Å²) >= 11 is 0. The van der Waals surface area contributed by atoms with Gasteiger partial charge in [0, 0.05) is 19.4 Å². The first-order chi connectivity index (χ1) is 7.70. The van der Waals surface area contributed by atoms with Crippen LogP contribution in [0.3, 0.4) is 0 Å². The lowest BCUT2D eigenvalue weighted by Crippen LogP contribution is -2.19. The molecular weight excluding hydrogens is 200 g/mol. The van der Waals surface area contributed by atoms with Crippen molar-refractivity contribution in [3.8, 4) is 0 Å². The summed E-state index contributed by atoms with van der Waals surface area (Å²) in [5, 5.41) is 8.60. The van der Waals surface area contributed by atoms with Gasteiger partial charge >= 0.3 is 0 Å². The van der Waals surface area contributed by atoms with Crippen molar-refractivity contribution in [3.63, 3.8) is 0 Å². The molecule has 0 fully saturated rings. The molecule has 0 amide bonds. The van der Waals surface area contributed by atoms with Gasteiger partial charge in [0.05, 0.1) is 0 Å². The molecule has 1 aromatic rings. The predicted octanol–water partition coefficient (Wildman–Crippen LogP) is 1.39. The lowest BCUT2D eigenvalue weighted by atomic mass is 10.00. The molecule has 1 aliphatic rings. The Balaban J connectivity index is 2.01. The van der Waals surface area contributed by atoms with Crippen LogP contribution in [0.5, 0.6) is 0 Å². The molecule has 2 heterocycles. The van der Waals surface area contributed by atoms with Gasteiger partial charge in [0.25, 0.3) is 0 Å². The molecule has 16 heavy (non-hydrogen) atoms. The van der Waals surface area contributed by atoms with E-state index >= 15 is 0 Å². The number of aryl methyl sites for hydroxylation is 1. The second kappa shape index (κ2) is 4.95. The fourth-order valence-electron chi connectivity index (χ4n) is 2.22. The van der Waals surface area contributed by atoms with Gasteiger partial charge in [0.2, 0.25) is 0 Å². The van der Waals surface area contributed by atoms with E-state index < -0.39 is 0 Å². The molecule has 1 aromatic heterocycles. The summed E-state index contributed by atoms with van der Waals surface area (Å²) < 4.78 is 2.31. The van der Waals surface area contributed by atoms with Gasteiger partial charge in [-0.3, -0.25) is 0 Å². The smallest absolute Gasteiger partial charge is 0.133 e. The van der Waals surface area contributed by atoms with Crippen LogP contribution in [0.25, 0.3) is 0 Å². The van der Waals surface area contributed by atoms with E-state index in [-0.39, 0.29) is 0 Å². The molecule has 90 valence electrons. The zero-order chi connectivity index (χ0) is 11.5. The van der Waals surface area contributed by atoms with E-state index in [9.17, 15) is 0 Å². The number of aromatic nitrogens is 3. The molecule has 2 N–H and O–H groups in total. The Kier molecular flexibility index (Phi) is 3.59. The minimum absolute atomic E-state index is 0.579. The van der Waals surface area contributed by atoms with Gasteiger partial charge in [-0.25, -0.2) is 0 Å². The van der Waals surface area contributed by atoms with E-state index in [1.165, 1.54) is 12.2 Å². The molecule has 0 saturated heterocycles. The van der Waals surface area contributed by atoms with Gasteiger partial charge in [0.15, 0.2) is 0 Å². The highest BCUT2D eigenvalue weighted by Gasteiger charge is 2.19. The van der Waals surface area contributed by atoms with Crippen molar-refractivity contribution in [1.29, 1.82) is 0 Å². The molecule has 4 nitrogen and oxygen atoms in total. The molecule has 0 aliphatic carbocycles. The van der Waals surface area contributed by atoms with Crippen molar-refractivity contribution in [1.82, 2.24) is 14.8 Å². The standard InChI is InChI=1S/C12H22N4/c1-9-5-6-16-11(4-3-10(2)8-13)14-15-12(16)7-9/h9-10H,3-8,13H2,1-2H3. The van der Waals surface area contributed by atoms with E-state index in [1.807, 2.05) is 0 Å². The predicted molar refractivity (Wildman–Crippen MR) is 64.0 cm³/mol. The molecule has 2 rings (SSSR count). The van der Waals surface area contributed by atoms with Gasteiger partial charge in [-0.05, 0) is 31.2 Å². The number of fused-ring (bicyclic) bond motifs is 1. The van der Waals surface area contributed by atoms with Crippen LogP contribution >= 0.6 is 0 Å². The summed E-state index contributed by atoms with van der Waals surface area (Å²) in [5.74, 6) is 3.67. The number of nitrogens with zero attached hydrogens (tertiary/aromatic N) is 3. The topological polar surface area (TPSA) is 56.7 Å². The lowest BCUT2D eigenvalue weighted by Gasteiger charge is -2.20. The minimum Gasteiger partial charge on any atom is -0.330 e. The Morgan fingerprint density at radius 1 is 1.50 bits per heavy atom. The fraction of sp³-hybridized carbons (Fsp3) is 0.833. The molecule has 2 atom stereocenters. The third kappa shape index (κ3) is 2.43. The first kappa shape index (κ1) is 11.6. The fourth-order valence-corrected chi connectivity index (χ4v) is 2.22. The third-order valence-corrected chi connectivity index (χ3v) is 3.54. The Hall–Kier alpha value is -0.900. The third-order valence-electron chi connectivity index (χ3n) is 3.54. The molecule has 0 spiro atoms. The Morgan fingerprint density at radius 3 is 3.06 bits per heavy atom. The summed E-state index contributed by atoms with van der Waals surface area (Å²) in [5.41, 5.74) is 5.62. The van der Waals surface area contributed by atoms with Gasteiger partial charge in [-0.2, -0.15) is 0 Å². The van der Waals surface area contributed by atoms with E-state index in [4.69, 9.17) is 5.73 Å². The van der Waals surface area contributed by atoms with Crippen LogP contribution in [0, 0.1) is 11.8 Å². The molecule has 2 unspecified atom stereocenters. The normalized spacial score (nSPS) is 21.8. The Bertz CT molecular complexity index is 345. The van der Waals surface area contributed by atoms with Crippen LogP contribution in [0.1, 0.15) is 38.3 Å². The summed E-state index contributed by atoms with van der Waals surface area (Å²) in [7, 11) is 0. The number of nitrogens with two attached hydrogens (primary N) is 1. The number of hydrogen-bond acceptors (Lipinski definition) is 3. The second-order valence-corrected chi connectivity index (χ2v) is 5.16. The van der Waals surface area contributed by atoms with Gasteiger partial charge in [0.1, 0.15) is 11.6 Å². The Labute approximate surface area is 97.2 Å². The molecule has 0 radical (unpaired) electrons. The SMILES string of the molecule is CC(CN)CCc1nnc2n1CCC(C)C2. The quantitative estimate of drug-likeness (QED) is 0.837. The molecule has 0 aromatic carbocycles. The largest absolute Gasteiger partial charge is 0.330 e. The average molecular weight is 222 g/mol. The maximum absolute atomic E-state index is 5.62. The van der Waals surface area contributed by atoms with Crippen LogP contribution in [-0.4, -0.2) is 21.3 Å². The van der Waals surface area contributed by atoms with E-state index in [0.717, 1.165) is 44.1 Å². The van der Waals surface area contributed by atoms with Crippen molar-refractivity contribution < 1.29 is 0 Å². The molecule has 0 bridgehead atoms. The summed E-state index contributed by atoms with van der Waals surface area (Å²) in [6.45, 7) is 6.33. The second-order valence-electron chi connectivity index (χ2n) is 5.16. The van der Waals surface area contributed by atoms with E-state index in [2.05, 4.69) is 28.6 Å². The molecule has 1 aliphatic heterocycles. The van der Waals surface area contributed by atoms with Crippen molar-refractivity contribution >= 4 is 0 Å². The molecule has 0 saturated carbocycles. The highest BCUT2D eigenvalue weighted by atomic mass is 15.3. The van der Waals surface area contributed by atoms with Crippen LogP contribution in [0.2, 0.25) is 0 Å². The van der Waals surface area contributed by atoms with Gasteiger partial charge < -0.3 is 10.3 Å². The highest BCUT2D eigenvalue weighted by molar-refractivity contribution is 5.00.